The number of hydrogen-bond donors (Lipinski definition) is 2. The van der Waals surface area contributed by atoms with Gasteiger partial charge in [0.05, 0.1) is 18.3 Å². The van der Waals surface area contributed by atoms with Crippen LogP contribution in [0.4, 0.5) is 5.69 Å². The van der Waals surface area contributed by atoms with Crippen LogP contribution in [0.5, 0.6) is 0 Å². The molecule has 1 fully saturated rings. The maximum Gasteiger partial charge on any atom is 0.310 e. The van der Waals surface area contributed by atoms with Crippen molar-refractivity contribution < 1.29 is 24.2 Å². The van der Waals surface area contributed by atoms with Gasteiger partial charge in [0.2, 0.25) is 5.91 Å². The van der Waals surface area contributed by atoms with E-state index in [0.29, 0.717) is 17.7 Å². The second-order valence-electron chi connectivity index (χ2n) is 6.70. The van der Waals surface area contributed by atoms with Gasteiger partial charge in [-0.15, -0.1) is 0 Å². The summed E-state index contributed by atoms with van der Waals surface area (Å²) < 4.78 is 5.28. The second-order valence-corrected chi connectivity index (χ2v) is 6.70. The Bertz CT molecular complexity index is 632. The Kier molecular flexibility index (Phi) is 4.73. The van der Waals surface area contributed by atoms with E-state index in [2.05, 4.69) is 5.32 Å². The number of carboxylic acids is 1. The number of hydrogen-bond acceptors (Lipinski definition) is 4. The predicted octanol–water partition coefficient (Wildman–Crippen LogP) is 2.23. The molecule has 2 N–H and O–H groups in total. The quantitative estimate of drug-likeness (QED) is 0.812. The zero-order valence-electron chi connectivity index (χ0n) is 13.5. The molecule has 0 saturated heterocycles. The van der Waals surface area contributed by atoms with Crippen molar-refractivity contribution >= 4 is 23.5 Å². The van der Waals surface area contributed by atoms with Crippen LogP contribution in [0.25, 0.3) is 0 Å². The van der Waals surface area contributed by atoms with Crippen molar-refractivity contribution in [3.8, 4) is 0 Å². The number of nitrogens with one attached hydrogen (secondary N) is 1. The van der Waals surface area contributed by atoms with Gasteiger partial charge in [0.25, 0.3) is 0 Å². The highest BCUT2D eigenvalue weighted by molar-refractivity contribution is 5.99. The fraction of sp³-hybridized carbons (Fsp3) is 0.471. The molecule has 0 aromatic heterocycles. The minimum absolute atomic E-state index is 0.0424. The average molecular weight is 319 g/mol. The standard InChI is InChI=1S/C17H21NO5/c1-17(2,3)23-14(19)8-10-6-4-5-7-13(10)18-15(20)11-9-12(11)16(21)22/h4-7,11-12H,8-9H2,1-3H3,(H,18,20)(H,21,22). The molecule has 0 bridgehead atoms. The smallest absolute Gasteiger partial charge is 0.310 e. The lowest BCUT2D eigenvalue weighted by atomic mass is 10.1. The maximum absolute atomic E-state index is 12.1. The first-order chi connectivity index (χ1) is 10.7. The molecule has 23 heavy (non-hydrogen) atoms. The Hall–Kier alpha value is -2.37. The van der Waals surface area contributed by atoms with E-state index in [1.54, 1.807) is 45.0 Å². The van der Waals surface area contributed by atoms with E-state index >= 15 is 0 Å². The first-order valence-corrected chi connectivity index (χ1v) is 7.51. The number of para-hydroxylation sites is 1. The van der Waals surface area contributed by atoms with Gasteiger partial charge in [0.1, 0.15) is 5.60 Å². The lowest BCUT2D eigenvalue weighted by Gasteiger charge is -2.20. The normalized spacial score (nSPS) is 19.8. The van der Waals surface area contributed by atoms with E-state index in [9.17, 15) is 14.4 Å². The zero-order chi connectivity index (χ0) is 17.2. The first-order valence-electron chi connectivity index (χ1n) is 7.51. The lowest BCUT2D eigenvalue weighted by Crippen LogP contribution is -2.25. The van der Waals surface area contributed by atoms with Crippen LogP contribution in [0, 0.1) is 11.8 Å². The Balaban J connectivity index is 2.02. The molecule has 1 aliphatic carbocycles. The molecule has 0 heterocycles. The van der Waals surface area contributed by atoms with Gasteiger partial charge in [-0.1, -0.05) is 18.2 Å². The topological polar surface area (TPSA) is 92.7 Å². The van der Waals surface area contributed by atoms with E-state index in [1.807, 2.05) is 0 Å². The number of aliphatic carboxylic acids is 1. The van der Waals surface area contributed by atoms with Gasteiger partial charge >= 0.3 is 11.9 Å². The van der Waals surface area contributed by atoms with Crippen LogP contribution in [-0.4, -0.2) is 28.6 Å². The van der Waals surface area contributed by atoms with Gasteiger partial charge in [0.15, 0.2) is 0 Å². The van der Waals surface area contributed by atoms with Crippen molar-refractivity contribution in [3.05, 3.63) is 29.8 Å². The summed E-state index contributed by atoms with van der Waals surface area (Å²) in [4.78, 5) is 34.8. The molecule has 0 radical (unpaired) electrons. The van der Waals surface area contributed by atoms with Gasteiger partial charge in [-0.3, -0.25) is 14.4 Å². The minimum Gasteiger partial charge on any atom is -0.481 e. The Morgan fingerprint density at radius 2 is 1.87 bits per heavy atom. The number of amides is 1. The summed E-state index contributed by atoms with van der Waals surface area (Å²) in [6.07, 6.45) is 0.399. The summed E-state index contributed by atoms with van der Waals surface area (Å²) in [5.74, 6) is -2.76. The molecule has 1 aromatic carbocycles. The van der Waals surface area contributed by atoms with Crippen LogP contribution < -0.4 is 5.32 Å². The number of anilines is 1. The Morgan fingerprint density at radius 1 is 1.22 bits per heavy atom. The molecule has 2 unspecified atom stereocenters. The molecule has 1 aromatic rings. The third-order valence-corrected chi connectivity index (χ3v) is 3.47. The van der Waals surface area contributed by atoms with E-state index in [4.69, 9.17) is 9.84 Å². The monoisotopic (exact) mass is 319 g/mol. The highest BCUT2D eigenvalue weighted by atomic mass is 16.6. The van der Waals surface area contributed by atoms with Gasteiger partial charge in [-0.25, -0.2) is 0 Å². The minimum atomic E-state index is -0.952. The van der Waals surface area contributed by atoms with Gasteiger partial charge in [-0.2, -0.15) is 0 Å². The van der Waals surface area contributed by atoms with E-state index in [0.717, 1.165) is 0 Å². The van der Waals surface area contributed by atoms with Crippen LogP contribution in [0.2, 0.25) is 0 Å². The summed E-state index contributed by atoms with van der Waals surface area (Å²) in [6.45, 7) is 5.37. The number of ether oxygens (including phenoxy) is 1. The van der Waals surface area contributed by atoms with E-state index in [1.165, 1.54) is 0 Å². The highest BCUT2D eigenvalue weighted by Gasteiger charge is 2.48. The lowest BCUT2D eigenvalue weighted by molar-refractivity contribution is -0.154. The molecule has 1 aliphatic rings. The predicted molar refractivity (Wildman–Crippen MR) is 83.9 cm³/mol. The van der Waals surface area contributed by atoms with Gasteiger partial charge in [-0.05, 0) is 38.8 Å². The summed E-state index contributed by atoms with van der Waals surface area (Å²) in [5.41, 5.74) is 0.583. The first kappa shape index (κ1) is 17.0. The number of carbonyl (C=O) groups is 3. The Labute approximate surface area is 134 Å². The SMILES string of the molecule is CC(C)(C)OC(=O)Cc1ccccc1NC(=O)C1CC1C(=O)O. The van der Waals surface area contributed by atoms with Crippen molar-refractivity contribution in [1.29, 1.82) is 0 Å². The van der Waals surface area contributed by atoms with Crippen LogP contribution in [0.1, 0.15) is 32.8 Å². The second kappa shape index (κ2) is 6.40. The van der Waals surface area contributed by atoms with Crippen molar-refractivity contribution in [2.24, 2.45) is 11.8 Å². The molecule has 1 amide bonds. The van der Waals surface area contributed by atoms with E-state index in [-0.39, 0.29) is 18.3 Å². The van der Waals surface area contributed by atoms with Crippen LogP contribution in [0.3, 0.4) is 0 Å². The molecule has 124 valence electrons. The molecule has 0 spiro atoms. The summed E-state index contributed by atoms with van der Waals surface area (Å²) in [6, 6.07) is 6.94. The largest absolute Gasteiger partial charge is 0.481 e. The molecule has 1 saturated carbocycles. The van der Waals surface area contributed by atoms with Crippen LogP contribution in [-0.2, 0) is 25.5 Å². The molecule has 6 heteroatoms. The van der Waals surface area contributed by atoms with Gasteiger partial charge < -0.3 is 15.2 Å². The van der Waals surface area contributed by atoms with Crippen molar-refractivity contribution in [2.75, 3.05) is 5.32 Å². The summed E-state index contributed by atoms with van der Waals surface area (Å²) in [5, 5.41) is 11.6. The third kappa shape index (κ3) is 4.81. The highest BCUT2D eigenvalue weighted by Crippen LogP contribution is 2.39. The number of benzene rings is 1. The van der Waals surface area contributed by atoms with Crippen molar-refractivity contribution in [3.63, 3.8) is 0 Å². The third-order valence-electron chi connectivity index (χ3n) is 3.47. The van der Waals surface area contributed by atoms with E-state index < -0.39 is 23.4 Å². The number of rotatable bonds is 5. The molecule has 2 rings (SSSR count). The molecule has 2 atom stereocenters. The number of carboxylic acid groups (broad SMARTS) is 1. The number of esters is 1. The Morgan fingerprint density at radius 3 is 2.43 bits per heavy atom. The molecule has 6 nitrogen and oxygen atoms in total. The van der Waals surface area contributed by atoms with Gasteiger partial charge in [0, 0.05) is 5.69 Å². The van der Waals surface area contributed by atoms with Crippen molar-refractivity contribution in [1.82, 2.24) is 0 Å². The molecular formula is C17H21NO5. The fourth-order valence-corrected chi connectivity index (χ4v) is 2.31. The maximum atomic E-state index is 12.1. The average Bonchev–Trinajstić information content (AvgIpc) is 3.19. The molecule has 0 aliphatic heterocycles. The van der Waals surface area contributed by atoms with Crippen molar-refractivity contribution in [2.45, 2.75) is 39.2 Å². The number of carbonyl (C=O) groups excluding carboxylic acids is 2. The fourth-order valence-electron chi connectivity index (χ4n) is 2.31. The molecular weight excluding hydrogens is 298 g/mol. The summed E-state index contributed by atoms with van der Waals surface area (Å²) >= 11 is 0. The summed E-state index contributed by atoms with van der Waals surface area (Å²) in [7, 11) is 0. The zero-order valence-corrected chi connectivity index (χ0v) is 13.5. The van der Waals surface area contributed by atoms with Crippen LogP contribution >= 0.6 is 0 Å². The van der Waals surface area contributed by atoms with Crippen LogP contribution in [0.15, 0.2) is 24.3 Å².